The Morgan fingerprint density at radius 3 is 2.36 bits per heavy atom. The predicted molar refractivity (Wildman–Crippen MR) is 123 cm³/mol. The molecule has 0 aromatic heterocycles. The van der Waals surface area contributed by atoms with Gasteiger partial charge in [-0.3, -0.25) is 4.79 Å². The zero-order valence-corrected chi connectivity index (χ0v) is 19.7. The van der Waals surface area contributed by atoms with Crippen molar-refractivity contribution in [3.05, 3.63) is 94.3 Å². The Balaban J connectivity index is 1.78. The van der Waals surface area contributed by atoms with Crippen molar-refractivity contribution in [3.8, 4) is 5.75 Å². The molecule has 0 aliphatic rings. The van der Waals surface area contributed by atoms with Crippen LogP contribution < -0.4 is 4.18 Å². The van der Waals surface area contributed by atoms with Crippen molar-refractivity contribution >= 4 is 27.6 Å². The van der Waals surface area contributed by atoms with E-state index in [0.29, 0.717) is 11.1 Å². The zero-order chi connectivity index (χ0) is 24.0. The molecule has 0 heterocycles. The van der Waals surface area contributed by atoms with Crippen molar-refractivity contribution in [1.29, 1.82) is 0 Å². The first-order chi connectivity index (χ1) is 15.7. The third kappa shape index (κ3) is 6.10. The summed E-state index contributed by atoms with van der Waals surface area (Å²) in [6.45, 7) is 2.33. The summed E-state index contributed by atoms with van der Waals surface area (Å²) >= 11 is 6.06. The summed E-state index contributed by atoms with van der Waals surface area (Å²) in [7, 11) is -2.62. The van der Waals surface area contributed by atoms with Crippen molar-refractivity contribution in [3.63, 3.8) is 0 Å². The molecule has 0 fully saturated rings. The Morgan fingerprint density at radius 1 is 1.03 bits per heavy atom. The molecule has 33 heavy (non-hydrogen) atoms. The highest BCUT2D eigenvalue weighted by atomic mass is 35.5. The van der Waals surface area contributed by atoms with E-state index in [1.165, 1.54) is 48.4 Å². The monoisotopic (exact) mass is 491 g/mol. The minimum Gasteiger partial charge on any atom is -0.383 e. The lowest BCUT2D eigenvalue weighted by Gasteiger charge is -2.23. The van der Waals surface area contributed by atoms with Gasteiger partial charge in [0.1, 0.15) is 16.5 Å². The highest BCUT2D eigenvalue weighted by Gasteiger charge is 2.23. The Morgan fingerprint density at radius 2 is 1.73 bits per heavy atom. The van der Waals surface area contributed by atoms with Gasteiger partial charge in [0.15, 0.2) is 0 Å². The lowest BCUT2D eigenvalue weighted by atomic mass is 10.1. The standard InChI is InChI=1S/C24H23ClFNO5S/c1-17-6-5-8-21(25)23(17)33(29,30)32-19-12-10-18(11-13-19)16-27(14-15-31-2)24(28)20-7-3-4-9-22(20)26/h3-13H,14-16H2,1-2H3. The molecule has 0 saturated carbocycles. The van der Waals surface area contributed by atoms with E-state index in [9.17, 15) is 17.6 Å². The molecule has 174 valence electrons. The van der Waals surface area contributed by atoms with E-state index in [1.807, 2.05) is 0 Å². The molecule has 3 aromatic carbocycles. The van der Waals surface area contributed by atoms with Crippen LogP contribution in [0.1, 0.15) is 21.5 Å². The second kappa shape index (κ2) is 10.8. The number of benzene rings is 3. The van der Waals surface area contributed by atoms with Gasteiger partial charge in [0.05, 0.1) is 17.2 Å². The number of rotatable bonds is 9. The first kappa shape index (κ1) is 24.7. The van der Waals surface area contributed by atoms with Gasteiger partial charge in [-0.1, -0.05) is 48.0 Å². The first-order valence-corrected chi connectivity index (χ1v) is 11.8. The van der Waals surface area contributed by atoms with Gasteiger partial charge in [-0.2, -0.15) is 8.42 Å². The summed E-state index contributed by atoms with van der Waals surface area (Å²) in [6, 6.07) is 16.8. The van der Waals surface area contributed by atoms with Crippen molar-refractivity contribution in [2.75, 3.05) is 20.3 Å². The lowest BCUT2D eigenvalue weighted by Crippen LogP contribution is -2.34. The van der Waals surface area contributed by atoms with Gasteiger partial charge < -0.3 is 13.8 Å². The van der Waals surface area contributed by atoms with Gasteiger partial charge >= 0.3 is 10.1 Å². The van der Waals surface area contributed by atoms with Crippen molar-refractivity contribution in [2.45, 2.75) is 18.4 Å². The van der Waals surface area contributed by atoms with E-state index in [2.05, 4.69) is 0 Å². The van der Waals surface area contributed by atoms with E-state index >= 15 is 0 Å². The fourth-order valence-electron chi connectivity index (χ4n) is 3.23. The Kier molecular flexibility index (Phi) is 8.07. The molecule has 6 nitrogen and oxygen atoms in total. The van der Waals surface area contributed by atoms with Gasteiger partial charge in [-0.05, 0) is 48.4 Å². The van der Waals surface area contributed by atoms with Crippen LogP contribution in [-0.4, -0.2) is 39.5 Å². The molecule has 1 amide bonds. The number of amides is 1. The van der Waals surface area contributed by atoms with Gasteiger partial charge in [0.2, 0.25) is 0 Å². The second-order valence-corrected chi connectivity index (χ2v) is 9.16. The molecule has 0 radical (unpaired) electrons. The summed E-state index contributed by atoms with van der Waals surface area (Å²) in [5, 5.41) is 0.0760. The number of ether oxygens (including phenoxy) is 1. The fraction of sp³-hybridized carbons (Fsp3) is 0.208. The van der Waals surface area contributed by atoms with E-state index < -0.39 is 21.8 Å². The number of hydrogen-bond acceptors (Lipinski definition) is 5. The molecule has 3 aromatic rings. The third-order valence-corrected chi connectivity index (χ3v) is 6.75. The van der Waals surface area contributed by atoms with Crippen LogP contribution in [0.5, 0.6) is 5.75 Å². The van der Waals surface area contributed by atoms with Crippen LogP contribution >= 0.6 is 11.6 Å². The van der Waals surface area contributed by atoms with Crippen LogP contribution in [0.25, 0.3) is 0 Å². The normalized spacial score (nSPS) is 11.3. The van der Waals surface area contributed by atoms with Crippen molar-refractivity contribution in [1.82, 2.24) is 4.90 Å². The molecule has 0 aliphatic heterocycles. The van der Waals surface area contributed by atoms with Crippen LogP contribution in [-0.2, 0) is 21.4 Å². The molecule has 0 unspecified atom stereocenters. The molecule has 0 N–H and O–H groups in total. The number of methoxy groups -OCH3 is 1. The minimum atomic E-state index is -4.13. The molecule has 0 spiro atoms. The smallest absolute Gasteiger partial charge is 0.340 e. The summed E-state index contributed by atoms with van der Waals surface area (Å²) in [6.07, 6.45) is 0. The Hall–Kier alpha value is -2.94. The molecule has 0 aliphatic carbocycles. The SMILES string of the molecule is COCCN(Cc1ccc(OS(=O)(=O)c2c(C)cccc2Cl)cc1)C(=O)c1ccccc1F. The minimum absolute atomic E-state index is 0.0326. The zero-order valence-electron chi connectivity index (χ0n) is 18.1. The Labute approximate surface area is 197 Å². The van der Waals surface area contributed by atoms with E-state index in [4.69, 9.17) is 20.5 Å². The average molecular weight is 492 g/mol. The molecule has 0 saturated heterocycles. The summed E-state index contributed by atoms with van der Waals surface area (Å²) in [5.41, 5.74) is 1.14. The third-order valence-electron chi connectivity index (χ3n) is 4.87. The van der Waals surface area contributed by atoms with Gasteiger partial charge in [-0.25, -0.2) is 4.39 Å². The molecule has 0 bridgehead atoms. The lowest BCUT2D eigenvalue weighted by molar-refractivity contribution is 0.0676. The van der Waals surface area contributed by atoms with Crippen LogP contribution in [0.4, 0.5) is 4.39 Å². The number of nitrogens with zero attached hydrogens (tertiary/aromatic N) is 1. The van der Waals surface area contributed by atoms with Gasteiger partial charge in [0.25, 0.3) is 5.91 Å². The maximum absolute atomic E-state index is 14.1. The van der Waals surface area contributed by atoms with Crippen molar-refractivity contribution in [2.24, 2.45) is 0 Å². The number of carbonyl (C=O) groups is 1. The van der Waals surface area contributed by atoms with Crippen LogP contribution in [0, 0.1) is 12.7 Å². The Bertz CT molecular complexity index is 1210. The maximum Gasteiger partial charge on any atom is 0.340 e. The number of carbonyl (C=O) groups excluding carboxylic acids is 1. The van der Waals surface area contributed by atoms with Crippen LogP contribution in [0.3, 0.4) is 0 Å². The van der Waals surface area contributed by atoms with E-state index in [1.54, 1.807) is 37.3 Å². The molecule has 9 heteroatoms. The predicted octanol–water partition coefficient (Wildman–Crippen LogP) is 4.84. The molecular formula is C24H23ClFNO5S. The van der Waals surface area contributed by atoms with Crippen LogP contribution in [0.15, 0.2) is 71.6 Å². The van der Waals surface area contributed by atoms with Crippen LogP contribution in [0.2, 0.25) is 5.02 Å². The largest absolute Gasteiger partial charge is 0.383 e. The maximum atomic E-state index is 14.1. The second-order valence-electron chi connectivity index (χ2n) is 7.27. The average Bonchev–Trinajstić information content (AvgIpc) is 2.77. The number of hydrogen-bond donors (Lipinski definition) is 0. The highest BCUT2D eigenvalue weighted by Crippen LogP contribution is 2.28. The van der Waals surface area contributed by atoms with E-state index in [0.717, 1.165) is 0 Å². The first-order valence-electron chi connectivity index (χ1n) is 10.0. The topological polar surface area (TPSA) is 72.9 Å². The fourth-order valence-corrected chi connectivity index (χ4v) is 4.95. The highest BCUT2D eigenvalue weighted by molar-refractivity contribution is 7.87. The number of aryl methyl sites for hydroxylation is 1. The van der Waals surface area contributed by atoms with Gasteiger partial charge in [-0.15, -0.1) is 0 Å². The summed E-state index contributed by atoms with van der Waals surface area (Å²) in [4.78, 5) is 14.2. The molecule has 0 atom stereocenters. The van der Waals surface area contributed by atoms with Crippen molar-refractivity contribution < 1.29 is 26.5 Å². The van der Waals surface area contributed by atoms with E-state index in [-0.39, 0.29) is 40.9 Å². The van der Waals surface area contributed by atoms with Gasteiger partial charge in [0, 0.05) is 20.2 Å². The quantitative estimate of drug-likeness (QED) is 0.400. The summed E-state index contributed by atoms with van der Waals surface area (Å²) in [5.74, 6) is -0.974. The number of halogens is 2. The molecule has 3 rings (SSSR count). The summed E-state index contributed by atoms with van der Waals surface area (Å²) < 4.78 is 49.8. The molecular weight excluding hydrogens is 469 g/mol.